The van der Waals surface area contributed by atoms with Gasteiger partial charge < -0.3 is 15.6 Å². The molecule has 0 aliphatic heterocycles. The standard InChI is InChI=1S/C16H28N2O4/c1-4-7-8-11-16(21,6-3)18-13(9-10-14(17)19)15(20)22-12-5-2/h5-6,13,18,21H,2-4,7-12H2,1H3,(H2,17,19)/t13-,16?/m0/s1. The molecular formula is C16H28N2O4. The fraction of sp³-hybridized carbons (Fsp3) is 0.625. The normalized spacial score (nSPS) is 14.6. The van der Waals surface area contributed by atoms with Gasteiger partial charge in [-0.2, -0.15) is 0 Å². The van der Waals surface area contributed by atoms with Gasteiger partial charge in [-0.3, -0.25) is 14.9 Å². The zero-order chi connectivity index (χ0) is 17.0. The fourth-order valence-electron chi connectivity index (χ4n) is 1.96. The molecule has 1 amide bonds. The molecule has 4 N–H and O–H groups in total. The molecule has 0 aromatic heterocycles. The number of unbranched alkanes of at least 4 members (excludes halogenated alkanes) is 2. The highest BCUT2D eigenvalue weighted by Crippen LogP contribution is 2.16. The minimum atomic E-state index is -1.38. The Morgan fingerprint density at radius 3 is 2.59 bits per heavy atom. The van der Waals surface area contributed by atoms with E-state index in [9.17, 15) is 14.7 Å². The Bertz CT molecular complexity index is 384. The molecule has 0 heterocycles. The first-order valence-corrected chi connectivity index (χ1v) is 7.58. The van der Waals surface area contributed by atoms with Gasteiger partial charge >= 0.3 is 5.97 Å². The molecule has 0 fully saturated rings. The van der Waals surface area contributed by atoms with Gasteiger partial charge in [-0.1, -0.05) is 39.0 Å². The molecule has 0 saturated carbocycles. The van der Waals surface area contributed by atoms with Crippen LogP contribution in [0.5, 0.6) is 0 Å². The van der Waals surface area contributed by atoms with Gasteiger partial charge in [-0.25, -0.2) is 0 Å². The van der Waals surface area contributed by atoms with Crippen LogP contribution in [0.1, 0.15) is 45.4 Å². The van der Waals surface area contributed by atoms with Crippen LogP contribution in [0.2, 0.25) is 0 Å². The summed E-state index contributed by atoms with van der Waals surface area (Å²) in [5.74, 6) is -1.08. The van der Waals surface area contributed by atoms with Crippen molar-refractivity contribution in [1.82, 2.24) is 5.32 Å². The predicted octanol–water partition coefficient (Wildman–Crippen LogP) is 1.39. The average molecular weight is 312 g/mol. The maximum absolute atomic E-state index is 12.0. The first-order chi connectivity index (χ1) is 10.4. The van der Waals surface area contributed by atoms with Gasteiger partial charge in [-0.05, 0) is 25.3 Å². The summed E-state index contributed by atoms with van der Waals surface area (Å²) in [6.45, 7) is 9.20. The minimum absolute atomic E-state index is 0.0169. The molecule has 0 saturated heterocycles. The van der Waals surface area contributed by atoms with E-state index in [1.807, 2.05) is 0 Å². The summed E-state index contributed by atoms with van der Waals surface area (Å²) in [6.07, 6.45) is 6.16. The van der Waals surface area contributed by atoms with Gasteiger partial charge in [0.05, 0.1) is 0 Å². The smallest absolute Gasteiger partial charge is 0.323 e. The van der Waals surface area contributed by atoms with Crippen LogP contribution in [0.4, 0.5) is 0 Å². The van der Waals surface area contributed by atoms with E-state index in [1.165, 1.54) is 12.2 Å². The summed E-state index contributed by atoms with van der Waals surface area (Å²) in [4.78, 5) is 22.9. The van der Waals surface area contributed by atoms with E-state index < -0.39 is 23.6 Å². The summed E-state index contributed by atoms with van der Waals surface area (Å²) in [5.41, 5.74) is 3.73. The maximum Gasteiger partial charge on any atom is 0.323 e. The Hall–Kier alpha value is -1.66. The summed E-state index contributed by atoms with van der Waals surface area (Å²) in [7, 11) is 0. The zero-order valence-electron chi connectivity index (χ0n) is 13.3. The van der Waals surface area contributed by atoms with Crippen LogP contribution in [0.15, 0.2) is 25.3 Å². The molecule has 0 aromatic rings. The molecule has 0 radical (unpaired) electrons. The monoisotopic (exact) mass is 312 g/mol. The molecule has 0 spiro atoms. The number of rotatable bonds is 13. The van der Waals surface area contributed by atoms with Crippen molar-refractivity contribution in [3.8, 4) is 0 Å². The third-order valence-corrected chi connectivity index (χ3v) is 3.23. The highest BCUT2D eigenvalue weighted by Gasteiger charge is 2.30. The maximum atomic E-state index is 12.0. The lowest BCUT2D eigenvalue weighted by molar-refractivity contribution is -0.147. The molecule has 0 aromatic carbocycles. The Kier molecular flexibility index (Phi) is 10.2. The van der Waals surface area contributed by atoms with Crippen LogP contribution in [0, 0.1) is 0 Å². The van der Waals surface area contributed by atoms with E-state index in [2.05, 4.69) is 25.4 Å². The number of aliphatic hydroxyl groups is 1. The SMILES string of the molecule is C=CCOC(=O)[C@H](CCC(N)=O)NC(O)(C=C)CCCCC. The summed E-state index contributed by atoms with van der Waals surface area (Å²) >= 11 is 0. The second kappa shape index (κ2) is 11.0. The van der Waals surface area contributed by atoms with Crippen LogP contribution in [0.25, 0.3) is 0 Å². The van der Waals surface area contributed by atoms with Crippen LogP contribution < -0.4 is 11.1 Å². The van der Waals surface area contributed by atoms with Gasteiger partial charge in [0.1, 0.15) is 18.4 Å². The largest absolute Gasteiger partial charge is 0.460 e. The molecule has 6 heteroatoms. The molecule has 126 valence electrons. The van der Waals surface area contributed by atoms with E-state index in [-0.39, 0.29) is 19.4 Å². The van der Waals surface area contributed by atoms with Gasteiger partial charge in [-0.15, -0.1) is 0 Å². The van der Waals surface area contributed by atoms with Crippen LogP contribution in [-0.2, 0) is 14.3 Å². The van der Waals surface area contributed by atoms with Crippen LogP contribution in [0.3, 0.4) is 0 Å². The Labute approximate surface area is 132 Å². The number of hydrogen-bond donors (Lipinski definition) is 3. The Balaban J connectivity index is 4.81. The number of ether oxygens (including phenoxy) is 1. The average Bonchev–Trinajstić information content (AvgIpc) is 2.49. The number of nitrogens with two attached hydrogens (primary N) is 1. The molecule has 0 bridgehead atoms. The van der Waals surface area contributed by atoms with E-state index in [0.717, 1.165) is 19.3 Å². The van der Waals surface area contributed by atoms with E-state index in [0.29, 0.717) is 6.42 Å². The summed E-state index contributed by atoms with van der Waals surface area (Å²) in [5, 5.41) is 13.3. The molecule has 0 rings (SSSR count). The number of hydrogen-bond acceptors (Lipinski definition) is 5. The molecule has 0 aliphatic rings. The van der Waals surface area contributed by atoms with Crippen molar-refractivity contribution < 1.29 is 19.4 Å². The van der Waals surface area contributed by atoms with Crippen molar-refractivity contribution >= 4 is 11.9 Å². The third kappa shape index (κ3) is 8.59. The molecular weight excluding hydrogens is 284 g/mol. The summed E-state index contributed by atoms with van der Waals surface area (Å²) < 4.78 is 4.98. The molecule has 6 nitrogen and oxygen atoms in total. The van der Waals surface area contributed by atoms with Crippen molar-refractivity contribution in [3.63, 3.8) is 0 Å². The van der Waals surface area contributed by atoms with Gasteiger partial charge in [0.2, 0.25) is 5.91 Å². The molecule has 1 unspecified atom stereocenters. The van der Waals surface area contributed by atoms with Crippen molar-refractivity contribution in [2.45, 2.75) is 57.2 Å². The number of amides is 1. The zero-order valence-corrected chi connectivity index (χ0v) is 13.3. The van der Waals surface area contributed by atoms with Crippen molar-refractivity contribution in [2.75, 3.05) is 6.61 Å². The topological polar surface area (TPSA) is 102 Å². The minimum Gasteiger partial charge on any atom is -0.460 e. The number of carbonyl (C=O) groups excluding carboxylic acids is 2. The summed E-state index contributed by atoms with van der Waals surface area (Å²) in [6, 6.07) is -0.836. The highest BCUT2D eigenvalue weighted by molar-refractivity contribution is 5.78. The van der Waals surface area contributed by atoms with E-state index in [1.54, 1.807) is 0 Å². The van der Waals surface area contributed by atoms with Crippen molar-refractivity contribution in [2.24, 2.45) is 5.73 Å². The Morgan fingerprint density at radius 1 is 1.41 bits per heavy atom. The quantitative estimate of drug-likeness (QED) is 0.206. The molecule has 0 aliphatic carbocycles. The van der Waals surface area contributed by atoms with Gasteiger partial charge in [0.25, 0.3) is 0 Å². The predicted molar refractivity (Wildman–Crippen MR) is 85.8 cm³/mol. The first-order valence-electron chi connectivity index (χ1n) is 7.58. The molecule has 2 atom stereocenters. The number of primary amides is 1. The highest BCUT2D eigenvalue weighted by atomic mass is 16.5. The van der Waals surface area contributed by atoms with Crippen LogP contribution >= 0.6 is 0 Å². The third-order valence-electron chi connectivity index (χ3n) is 3.23. The lowest BCUT2D eigenvalue weighted by Crippen LogP contribution is -2.52. The van der Waals surface area contributed by atoms with Crippen molar-refractivity contribution in [1.29, 1.82) is 0 Å². The fourth-order valence-corrected chi connectivity index (χ4v) is 1.96. The lowest BCUT2D eigenvalue weighted by atomic mass is 10.0. The van der Waals surface area contributed by atoms with Crippen LogP contribution in [-0.4, -0.2) is 35.4 Å². The lowest BCUT2D eigenvalue weighted by Gasteiger charge is -2.30. The first kappa shape index (κ1) is 20.3. The molecule has 22 heavy (non-hydrogen) atoms. The van der Waals surface area contributed by atoms with Gasteiger partial charge in [0, 0.05) is 6.42 Å². The second-order valence-electron chi connectivity index (χ2n) is 5.21. The second-order valence-corrected chi connectivity index (χ2v) is 5.21. The number of carbonyl (C=O) groups is 2. The van der Waals surface area contributed by atoms with Crippen molar-refractivity contribution in [3.05, 3.63) is 25.3 Å². The Morgan fingerprint density at radius 2 is 2.09 bits per heavy atom. The number of nitrogens with one attached hydrogen (secondary N) is 1. The van der Waals surface area contributed by atoms with Gasteiger partial charge in [0.15, 0.2) is 0 Å². The van der Waals surface area contributed by atoms with E-state index in [4.69, 9.17) is 10.5 Å². The number of esters is 1. The van der Waals surface area contributed by atoms with E-state index >= 15 is 0 Å².